The largest absolute Gasteiger partial charge is 0.622 e. The number of hydrogen-bond donors (Lipinski definition) is 0. The fraction of sp³-hybridized carbons (Fsp3) is 0.273. The van der Waals surface area contributed by atoms with Crippen LogP contribution in [0.15, 0.2) is 50.8 Å². The first-order valence-corrected chi connectivity index (χ1v) is 6.15. The third kappa shape index (κ3) is 5.83. The number of hydrogen-bond acceptors (Lipinski definition) is 4. The average Bonchev–Trinajstić information content (AvgIpc) is 2.31. The van der Waals surface area contributed by atoms with E-state index in [4.69, 9.17) is 18.1 Å². The SMILES string of the molecule is C=CCO[P+](OC=C)(OCC=C)OCC=C. The van der Waals surface area contributed by atoms with Crippen molar-refractivity contribution in [2.45, 2.75) is 0 Å². The highest BCUT2D eigenvalue weighted by Crippen LogP contribution is 2.63. The monoisotopic (exact) mass is 245 g/mol. The second-order valence-electron chi connectivity index (χ2n) is 2.47. The van der Waals surface area contributed by atoms with Crippen LogP contribution >= 0.6 is 8.17 Å². The summed E-state index contributed by atoms with van der Waals surface area (Å²) in [6.45, 7) is 14.9. The maximum Gasteiger partial charge on any atom is 0.622 e. The van der Waals surface area contributed by atoms with Gasteiger partial charge in [-0.1, -0.05) is 24.8 Å². The van der Waals surface area contributed by atoms with Gasteiger partial charge >= 0.3 is 8.17 Å². The molecule has 0 spiro atoms. The summed E-state index contributed by atoms with van der Waals surface area (Å²) in [5, 5.41) is 0. The van der Waals surface area contributed by atoms with Gasteiger partial charge in [0.2, 0.25) is 0 Å². The summed E-state index contributed by atoms with van der Waals surface area (Å²) in [7, 11) is -2.88. The first-order valence-electron chi connectivity index (χ1n) is 4.69. The number of rotatable bonds is 11. The van der Waals surface area contributed by atoms with E-state index in [0.717, 1.165) is 0 Å². The highest BCUT2D eigenvalue weighted by Gasteiger charge is 2.49. The Morgan fingerprint density at radius 1 is 0.750 bits per heavy atom. The molecule has 0 aromatic heterocycles. The molecule has 0 unspecified atom stereocenters. The maximum absolute atomic E-state index is 5.38. The predicted octanol–water partition coefficient (Wildman–Crippen LogP) is 3.43. The first kappa shape index (κ1) is 15.1. The van der Waals surface area contributed by atoms with E-state index in [1.807, 2.05) is 0 Å². The van der Waals surface area contributed by atoms with E-state index < -0.39 is 8.17 Å². The van der Waals surface area contributed by atoms with Crippen LogP contribution in [0, 0.1) is 0 Å². The molecule has 0 amide bonds. The Labute approximate surface area is 97.5 Å². The second-order valence-corrected chi connectivity index (χ2v) is 4.35. The second kappa shape index (κ2) is 9.31. The molecule has 0 saturated heterocycles. The lowest BCUT2D eigenvalue weighted by Gasteiger charge is -2.16. The summed E-state index contributed by atoms with van der Waals surface area (Å²) in [5.74, 6) is 0. The Kier molecular flexibility index (Phi) is 8.77. The zero-order valence-corrected chi connectivity index (χ0v) is 10.2. The van der Waals surface area contributed by atoms with Crippen LogP contribution in [-0.2, 0) is 18.1 Å². The van der Waals surface area contributed by atoms with Crippen molar-refractivity contribution in [1.29, 1.82) is 0 Å². The minimum Gasteiger partial charge on any atom is -0.269 e. The summed E-state index contributed by atoms with van der Waals surface area (Å²) < 4.78 is 21.4. The molecule has 0 heterocycles. The van der Waals surface area contributed by atoms with Crippen LogP contribution in [0.1, 0.15) is 0 Å². The molecule has 4 nitrogen and oxygen atoms in total. The van der Waals surface area contributed by atoms with Crippen molar-refractivity contribution in [2.24, 2.45) is 0 Å². The van der Waals surface area contributed by atoms with Gasteiger partial charge in [-0.05, 0) is 0 Å². The van der Waals surface area contributed by atoms with Gasteiger partial charge in [0.25, 0.3) is 0 Å². The molecule has 0 radical (unpaired) electrons. The molecule has 0 saturated carbocycles. The highest BCUT2D eigenvalue weighted by atomic mass is 31.2. The molecule has 16 heavy (non-hydrogen) atoms. The molecule has 0 aliphatic rings. The molecule has 0 aromatic rings. The molecular weight excluding hydrogens is 227 g/mol. The molecule has 5 heteroatoms. The van der Waals surface area contributed by atoms with E-state index in [1.165, 1.54) is 6.26 Å². The van der Waals surface area contributed by atoms with Crippen LogP contribution in [0.25, 0.3) is 0 Å². The predicted molar refractivity (Wildman–Crippen MR) is 66.6 cm³/mol. The van der Waals surface area contributed by atoms with Crippen molar-refractivity contribution in [3.05, 3.63) is 50.8 Å². The average molecular weight is 245 g/mol. The summed E-state index contributed by atoms with van der Waals surface area (Å²) in [6, 6.07) is 0. The van der Waals surface area contributed by atoms with Crippen molar-refractivity contribution >= 4 is 8.17 Å². The Morgan fingerprint density at radius 3 is 1.38 bits per heavy atom. The van der Waals surface area contributed by atoms with Gasteiger partial charge in [-0.15, -0.1) is 33.3 Å². The summed E-state index contributed by atoms with van der Waals surface area (Å²) in [4.78, 5) is 0. The minimum absolute atomic E-state index is 0.260. The van der Waals surface area contributed by atoms with Gasteiger partial charge < -0.3 is 0 Å². The summed E-state index contributed by atoms with van der Waals surface area (Å²) in [5.41, 5.74) is 0. The Hall–Kier alpha value is -0.930. The van der Waals surface area contributed by atoms with E-state index >= 15 is 0 Å². The van der Waals surface area contributed by atoms with Gasteiger partial charge in [-0.25, -0.2) is 0 Å². The zero-order chi connectivity index (χ0) is 12.3. The first-order chi connectivity index (χ1) is 7.74. The smallest absolute Gasteiger partial charge is 0.269 e. The third-order valence-electron chi connectivity index (χ3n) is 1.26. The molecule has 90 valence electrons. The van der Waals surface area contributed by atoms with Crippen molar-refractivity contribution < 1.29 is 18.1 Å². The fourth-order valence-corrected chi connectivity index (χ4v) is 2.18. The van der Waals surface area contributed by atoms with Crippen LogP contribution in [-0.4, -0.2) is 19.8 Å². The Balaban J connectivity index is 4.54. The van der Waals surface area contributed by atoms with E-state index in [-0.39, 0.29) is 19.8 Å². The Bertz CT molecular complexity index is 209. The standard InChI is InChI=1S/C11H18O4P/c1-5-9-13-16(12-8-4,14-10-6-2)15-11-7-3/h5-8H,1-4,9-11H2/q+1. The third-order valence-corrected chi connectivity index (χ3v) is 3.06. The van der Waals surface area contributed by atoms with E-state index in [1.54, 1.807) is 18.2 Å². The molecule has 0 aromatic carbocycles. The van der Waals surface area contributed by atoms with Gasteiger partial charge in [0, 0.05) is 0 Å². The van der Waals surface area contributed by atoms with Crippen LogP contribution in [0.2, 0.25) is 0 Å². The van der Waals surface area contributed by atoms with Gasteiger partial charge in [0.15, 0.2) is 0 Å². The molecule has 0 aliphatic carbocycles. The lowest BCUT2D eigenvalue weighted by Crippen LogP contribution is -2.09. The lowest BCUT2D eigenvalue weighted by atomic mass is 10.7. The van der Waals surface area contributed by atoms with E-state index in [2.05, 4.69) is 26.3 Å². The van der Waals surface area contributed by atoms with Crippen LogP contribution in [0.3, 0.4) is 0 Å². The molecule has 0 bridgehead atoms. The van der Waals surface area contributed by atoms with E-state index in [0.29, 0.717) is 0 Å². The molecule has 0 atom stereocenters. The minimum atomic E-state index is -2.88. The van der Waals surface area contributed by atoms with Crippen molar-refractivity contribution in [2.75, 3.05) is 19.8 Å². The van der Waals surface area contributed by atoms with Crippen molar-refractivity contribution in [3.8, 4) is 0 Å². The van der Waals surface area contributed by atoms with Crippen molar-refractivity contribution in [3.63, 3.8) is 0 Å². The topological polar surface area (TPSA) is 36.9 Å². The fourth-order valence-electron chi connectivity index (χ4n) is 0.726. The van der Waals surface area contributed by atoms with Gasteiger partial charge in [-0.2, -0.15) is 0 Å². The summed E-state index contributed by atoms with van der Waals surface area (Å²) in [6.07, 6.45) is 5.96. The lowest BCUT2D eigenvalue weighted by molar-refractivity contribution is 0.100. The highest BCUT2D eigenvalue weighted by molar-refractivity contribution is 7.56. The Morgan fingerprint density at radius 2 is 1.12 bits per heavy atom. The van der Waals surface area contributed by atoms with Crippen LogP contribution in [0.5, 0.6) is 0 Å². The van der Waals surface area contributed by atoms with Crippen molar-refractivity contribution in [1.82, 2.24) is 0 Å². The summed E-state index contributed by atoms with van der Waals surface area (Å²) >= 11 is 0. The quantitative estimate of drug-likeness (QED) is 0.317. The molecule has 0 N–H and O–H groups in total. The van der Waals surface area contributed by atoms with E-state index in [9.17, 15) is 0 Å². The van der Waals surface area contributed by atoms with Crippen LogP contribution in [0.4, 0.5) is 0 Å². The van der Waals surface area contributed by atoms with Gasteiger partial charge in [-0.3, -0.25) is 4.52 Å². The normalized spacial score (nSPS) is 10.5. The van der Waals surface area contributed by atoms with Gasteiger partial charge in [0.1, 0.15) is 26.1 Å². The molecule has 0 fully saturated rings. The zero-order valence-electron chi connectivity index (χ0n) is 9.34. The van der Waals surface area contributed by atoms with Gasteiger partial charge in [0.05, 0.1) is 0 Å². The molecule has 0 rings (SSSR count). The molecule has 0 aliphatic heterocycles. The molecular formula is C11H18O4P+. The maximum atomic E-state index is 5.38. The van der Waals surface area contributed by atoms with Crippen LogP contribution < -0.4 is 0 Å².